The number of nitrogens with zero attached hydrogens (tertiary/aromatic N) is 1. The van der Waals surface area contributed by atoms with E-state index in [0.29, 0.717) is 35.1 Å². The summed E-state index contributed by atoms with van der Waals surface area (Å²) in [6.45, 7) is 2.34. The summed E-state index contributed by atoms with van der Waals surface area (Å²) in [4.78, 5) is 0. The molecule has 0 atom stereocenters. The normalized spacial score (nSPS) is 11.1. The first-order chi connectivity index (χ1) is 11.6. The second kappa shape index (κ2) is 8.10. The number of aromatic hydroxyl groups is 1. The standard InChI is InChI=1S/C18H22N2O4/c1-12(15-7-6-14(22-2)10-16(15)21)20-19-11-13-5-8-17(23-3)18(9-13)24-4/h5-10,19,21H,11H2,1-4H3/b20-12+. The average molecular weight is 330 g/mol. The third kappa shape index (κ3) is 4.10. The van der Waals surface area contributed by atoms with Gasteiger partial charge in [-0.15, -0.1) is 0 Å². The molecule has 2 aromatic rings. The second-order valence-corrected chi connectivity index (χ2v) is 5.10. The van der Waals surface area contributed by atoms with Crippen molar-refractivity contribution in [1.29, 1.82) is 0 Å². The number of phenols is 1. The van der Waals surface area contributed by atoms with Gasteiger partial charge in [-0.05, 0) is 36.8 Å². The van der Waals surface area contributed by atoms with E-state index in [1.54, 1.807) is 39.5 Å². The van der Waals surface area contributed by atoms with Crippen molar-refractivity contribution in [1.82, 2.24) is 5.43 Å². The van der Waals surface area contributed by atoms with Gasteiger partial charge in [-0.25, -0.2) is 0 Å². The first kappa shape index (κ1) is 17.5. The lowest BCUT2D eigenvalue weighted by atomic mass is 10.1. The molecule has 0 aliphatic carbocycles. The first-order valence-corrected chi connectivity index (χ1v) is 7.44. The van der Waals surface area contributed by atoms with Crippen molar-refractivity contribution in [3.63, 3.8) is 0 Å². The van der Waals surface area contributed by atoms with Crippen LogP contribution in [0.25, 0.3) is 0 Å². The molecule has 0 heterocycles. The van der Waals surface area contributed by atoms with E-state index in [-0.39, 0.29) is 5.75 Å². The van der Waals surface area contributed by atoms with Crippen LogP contribution in [0.3, 0.4) is 0 Å². The van der Waals surface area contributed by atoms with Gasteiger partial charge in [0.25, 0.3) is 0 Å². The highest BCUT2D eigenvalue weighted by Gasteiger charge is 2.07. The molecule has 0 aliphatic rings. The molecule has 0 fully saturated rings. The molecule has 24 heavy (non-hydrogen) atoms. The lowest BCUT2D eigenvalue weighted by Gasteiger charge is -2.10. The van der Waals surface area contributed by atoms with Crippen molar-refractivity contribution in [3.05, 3.63) is 47.5 Å². The molecule has 2 N–H and O–H groups in total. The van der Waals surface area contributed by atoms with Crippen LogP contribution in [0, 0.1) is 0 Å². The van der Waals surface area contributed by atoms with Crippen LogP contribution in [0.4, 0.5) is 0 Å². The summed E-state index contributed by atoms with van der Waals surface area (Å²) >= 11 is 0. The maximum atomic E-state index is 10.0. The fraction of sp³-hybridized carbons (Fsp3) is 0.278. The largest absolute Gasteiger partial charge is 0.507 e. The van der Waals surface area contributed by atoms with Crippen molar-refractivity contribution in [3.8, 4) is 23.0 Å². The van der Waals surface area contributed by atoms with E-state index < -0.39 is 0 Å². The minimum Gasteiger partial charge on any atom is -0.507 e. The number of hydrazone groups is 1. The number of phenolic OH excluding ortho intramolecular Hbond substituents is 1. The fourth-order valence-corrected chi connectivity index (χ4v) is 2.24. The van der Waals surface area contributed by atoms with Crippen molar-refractivity contribution in [2.75, 3.05) is 21.3 Å². The molecule has 0 radical (unpaired) electrons. The summed E-state index contributed by atoms with van der Waals surface area (Å²) in [5.41, 5.74) is 5.32. The van der Waals surface area contributed by atoms with Crippen molar-refractivity contribution in [2.45, 2.75) is 13.5 Å². The third-order valence-electron chi connectivity index (χ3n) is 3.57. The van der Waals surface area contributed by atoms with Crippen LogP contribution < -0.4 is 19.6 Å². The highest BCUT2D eigenvalue weighted by molar-refractivity contribution is 6.01. The highest BCUT2D eigenvalue weighted by atomic mass is 16.5. The summed E-state index contributed by atoms with van der Waals surface area (Å²) in [7, 11) is 4.76. The highest BCUT2D eigenvalue weighted by Crippen LogP contribution is 2.27. The van der Waals surface area contributed by atoms with Gasteiger partial charge >= 0.3 is 0 Å². The van der Waals surface area contributed by atoms with Gasteiger partial charge in [-0.1, -0.05) is 6.07 Å². The Balaban J connectivity index is 2.05. The zero-order valence-corrected chi connectivity index (χ0v) is 14.3. The minimum atomic E-state index is 0.128. The number of ether oxygens (including phenoxy) is 3. The molecule has 0 spiro atoms. The maximum Gasteiger partial charge on any atom is 0.161 e. The molecule has 2 aromatic carbocycles. The predicted molar refractivity (Wildman–Crippen MR) is 93.3 cm³/mol. The Kier molecular flexibility index (Phi) is 5.89. The van der Waals surface area contributed by atoms with Crippen molar-refractivity contribution >= 4 is 5.71 Å². The average Bonchev–Trinajstić information content (AvgIpc) is 2.61. The van der Waals surface area contributed by atoms with Gasteiger partial charge in [0, 0.05) is 11.6 Å². The van der Waals surface area contributed by atoms with E-state index in [4.69, 9.17) is 14.2 Å². The predicted octanol–water partition coefficient (Wildman–Crippen LogP) is 2.93. The Morgan fingerprint density at radius 1 is 1.00 bits per heavy atom. The van der Waals surface area contributed by atoms with Crippen LogP contribution >= 0.6 is 0 Å². The quantitative estimate of drug-likeness (QED) is 0.603. The molecule has 128 valence electrons. The molecule has 2 rings (SSSR count). The summed E-state index contributed by atoms with van der Waals surface area (Å²) in [5.74, 6) is 2.08. The molecule has 6 heteroatoms. The van der Waals surface area contributed by atoms with Gasteiger partial charge in [0.1, 0.15) is 11.5 Å². The lowest BCUT2D eigenvalue weighted by Crippen LogP contribution is -2.09. The van der Waals surface area contributed by atoms with Crippen LogP contribution in [0.15, 0.2) is 41.5 Å². The van der Waals surface area contributed by atoms with E-state index in [2.05, 4.69) is 10.5 Å². The Bertz CT molecular complexity index is 729. The molecule has 0 amide bonds. The van der Waals surface area contributed by atoms with Gasteiger partial charge in [0.05, 0.1) is 33.6 Å². The van der Waals surface area contributed by atoms with Gasteiger partial charge in [0.15, 0.2) is 11.5 Å². The Morgan fingerprint density at radius 3 is 2.38 bits per heavy atom. The smallest absolute Gasteiger partial charge is 0.161 e. The second-order valence-electron chi connectivity index (χ2n) is 5.10. The number of hydrogen-bond acceptors (Lipinski definition) is 6. The zero-order chi connectivity index (χ0) is 17.5. The summed E-state index contributed by atoms with van der Waals surface area (Å²) in [5, 5.41) is 14.3. The molecule has 0 unspecified atom stereocenters. The molecule has 6 nitrogen and oxygen atoms in total. The molecule has 0 bridgehead atoms. The molecular weight excluding hydrogens is 308 g/mol. The van der Waals surface area contributed by atoms with Gasteiger partial charge in [-0.2, -0.15) is 5.10 Å². The number of hydrogen-bond donors (Lipinski definition) is 2. The minimum absolute atomic E-state index is 0.128. The summed E-state index contributed by atoms with van der Waals surface area (Å²) in [6.07, 6.45) is 0. The number of benzene rings is 2. The molecule has 0 saturated carbocycles. The Labute approximate surface area is 141 Å². The SMILES string of the molecule is COc1ccc(/C(C)=N/NCc2ccc(OC)c(OC)c2)c(O)c1. The van der Waals surface area contributed by atoms with Crippen molar-refractivity contribution in [2.24, 2.45) is 5.10 Å². The summed E-state index contributed by atoms with van der Waals surface area (Å²) < 4.78 is 15.6. The number of nitrogens with one attached hydrogen (secondary N) is 1. The molecule has 0 aromatic heterocycles. The van der Waals surface area contributed by atoms with Gasteiger partial charge < -0.3 is 24.7 Å². The molecule has 0 saturated heterocycles. The lowest BCUT2D eigenvalue weighted by molar-refractivity contribution is 0.354. The van der Waals surface area contributed by atoms with E-state index in [1.807, 2.05) is 25.1 Å². The van der Waals surface area contributed by atoms with Gasteiger partial charge in [-0.3, -0.25) is 0 Å². The van der Waals surface area contributed by atoms with Crippen LogP contribution in [-0.4, -0.2) is 32.1 Å². The topological polar surface area (TPSA) is 72.3 Å². The van der Waals surface area contributed by atoms with E-state index in [1.165, 1.54) is 0 Å². The van der Waals surface area contributed by atoms with E-state index >= 15 is 0 Å². The van der Waals surface area contributed by atoms with Crippen LogP contribution in [0.5, 0.6) is 23.0 Å². The van der Waals surface area contributed by atoms with E-state index in [0.717, 1.165) is 5.56 Å². The van der Waals surface area contributed by atoms with E-state index in [9.17, 15) is 5.11 Å². The Hall–Kier alpha value is -2.89. The number of methoxy groups -OCH3 is 3. The van der Waals surface area contributed by atoms with Crippen LogP contribution in [-0.2, 0) is 6.54 Å². The van der Waals surface area contributed by atoms with Crippen molar-refractivity contribution < 1.29 is 19.3 Å². The number of rotatable bonds is 7. The van der Waals surface area contributed by atoms with Gasteiger partial charge in [0.2, 0.25) is 0 Å². The van der Waals surface area contributed by atoms with Crippen LogP contribution in [0.2, 0.25) is 0 Å². The molecular formula is C18H22N2O4. The summed E-state index contributed by atoms with van der Waals surface area (Å²) in [6, 6.07) is 10.8. The monoisotopic (exact) mass is 330 g/mol. The van der Waals surface area contributed by atoms with Crippen LogP contribution in [0.1, 0.15) is 18.1 Å². The maximum absolute atomic E-state index is 10.0. The third-order valence-corrected chi connectivity index (χ3v) is 3.57. The molecule has 0 aliphatic heterocycles. The first-order valence-electron chi connectivity index (χ1n) is 7.44. The fourth-order valence-electron chi connectivity index (χ4n) is 2.24. The zero-order valence-electron chi connectivity index (χ0n) is 14.3. The Morgan fingerprint density at radius 2 is 1.75 bits per heavy atom.